The standard InChI is InChI=1S/C52H34N8/c1-5-15-36(16-6-1)45-33-46(57-49(56-45)37-17-7-2-8-18-37)41-28-29-44(54-34-41)48-32-42(31-47(55-48)43-23-13-14-30-53-43)35-24-26-40(27-25-35)52-59-50(38-19-9-3-10-20-38)58-51(60-52)39-21-11-4-12-22-39/h1-34H. The third-order valence-corrected chi connectivity index (χ3v) is 10.1. The lowest BCUT2D eigenvalue weighted by atomic mass is 10.0. The van der Waals surface area contributed by atoms with E-state index in [2.05, 4.69) is 53.5 Å². The monoisotopic (exact) mass is 770 g/mol. The zero-order valence-corrected chi connectivity index (χ0v) is 32.2. The van der Waals surface area contributed by atoms with Crippen LogP contribution in [0.3, 0.4) is 0 Å². The normalized spacial score (nSPS) is 11.0. The first-order valence-corrected chi connectivity index (χ1v) is 19.6. The highest BCUT2D eigenvalue weighted by atomic mass is 15.0. The maximum Gasteiger partial charge on any atom is 0.164 e. The molecule has 0 saturated heterocycles. The van der Waals surface area contributed by atoms with Gasteiger partial charge in [0.25, 0.3) is 0 Å². The molecule has 8 nitrogen and oxygen atoms in total. The van der Waals surface area contributed by atoms with Crippen LogP contribution in [0.25, 0.3) is 102 Å². The van der Waals surface area contributed by atoms with Crippen molar-refractivity contribution >= 4 is 0 Å². The molecule has 0 N–H and O–H groups in total. The van der Waals surface area contributed by atoms with Crippen molar-refractivity contribution in [1.29, 1.82) is 0 Å². The lowest BCUT2D eigenvalue weighted by Crippen LogP contribution is -2.00. The molecule has 0 saturated carbocycles. The molecular weight excluding hydrogens is 737 g/mol. The molecule has 10 aromatic rings. The Labute approximate surface area is 347 Å². The van der Waals surface area contributed by atoms with E-state index in [1.165, 1.54) is 0 Å². The summed E-state index contributed by atoms with van der Waals surface area (Å²) in [6, 6.07) is 64.5. The minimum absolute atomic E-state index is 0.596. The van der Waals surface area contributed by atoms with E-state index in [4.69, 9.17) is 34.9 Å². The Morgan fingerprint density at radius 2 is 0.633 bits per heavy atom. The molecule has 8 heteroatoms. The Hall–Kier alpha value is -8.36. The molecule has 0 bridgehead atoms. The zero-order valence-electron chi connectivity index (χ0n) is 32.2. The molecule has 0 fully saturated rings. The van der Waals surface area contributed by atoms with Crippen molar-refractivity contribution in [3.8, 4) is 102 Å². The second-order valence-corrected chi connectivity index (χ2v) is 14.1. The van der Waals surface area contributed by atoms with Crippen LogP contribution < -0.4 is 0 Å². The average Bonchev–Trinajstić information content (AvgIpc) is 3.35. The zero-order chi connectivity index (χ0) is 40.1. The molecule has 5 heterocycles. The Morgan fingerprint density at radius 3 is 1.12 bits per heavy atom. The van der Waals surface area contributed by atoms with Gasteiger partial charge in [-0.2, -0.15) is 0 Å². The second kappa shape index (κ2) is 16.2. The fraction of sp³-hybridized carbons (Fsp3) is 0. The van der Waals surface area contributed by atoms with E-state index in [0.29, 0.717) is 23.3 Å². The van der Waals surface area contributed by atoms with Gasteiger partial charge in [-0.1, -0.05) is 152 Å². The van der Waals surface area contributed by atoms with Crippen molar-refractivity contribution < 1.29 is 0 Å². The molecule has 5 aromatic heterocycles. The highest BCUT2D eigenvalue weighted by molar-refractivity contribution is 5.78. The van der Waals surface area contributed by atoms with E-state index in [9.17, 15) is 0 Å². The molecule has 282 valence electrons. The molecule has 0 amide bonds. The van der Waals surface area contributed by atoms with Crippen LogP contribution in [0, 0.1) is 0 Å². The summed E-state index contributed by atoms with van der Waals surface area (Å²) in [5.74, 6) is 2.49. The van der Waals surface area contributed by atoms with Crippen LogP contribution in [0.15, 0.2) is 207 Å². The molecule has 0 aliphatic carbocycles. The van der Waals surface area contributed by atoms with E-state index in [-0.39, 0.29) is 0 Å². The molecule has 10 rings (SSSR count). The van der Waals surface area contributed by atoms with E-state index < -0.39 is 0 Å². The molecule has 0 spiro atoms. The van der Waals surface area contributed by atoms with Crippen LogP contribution in [-0.2, 0) is 0 Å². The third kappa shape index (κ3) is 7.68. The highest BCUT2D eigenvalue weighted by Crippen LogP contribution is 2.33. The van der Waals surface area contributed by atoms with Crippen molar-refractivity contribution in [2.24, 2.45) is 0 Å². The maximum atomic E-state index is 5.07. The SMILES string of the molecule is c1ccc(-c2cc(-c3ccc(-c4cc(-c5ccc(-c6nc(-c7ccccc7)nc(-c7ccccc7)n6)cc5)cc(-c5ccccn5)n4)nc3)nc(-c3ccccc3)n2)cc1. The first-order chi connectivity index (χ1) is 29.7. The lowest BCUT2D eigenvalue weighted by Gasteiger charge is -2.12. The van der Waals surface area contributed by atoms with Crippen molar-refractivity contribution in [2.75, 3.05) is 0 Å². The van der Waals surface area contributed by atoms with Crippen LogP contribution in [0.1, 0.15) is 0 Å². The summed E-state index contributed by atoms with van der Waals surface area (Å²) in [7, 11) is 0. The van der Waals surface area contributed by atoms with Gasteiger partial charge in [0, 0.05) is 45.8 Å². The molecular formula is C52H34N8. The third-order valence-electron chi connectivity index (χ3n) is 10.1. The average molecular weight is 771 g/mol. The van der Waals surface area contributed by atoms with Crippen LogP contribution in [0.4, 0.5) is 0 Å². The minimum Gasteiger partial charge on any atom is -0.255 e. The van der Waals surface area contributed by atoms with Gasteiger partial charge in [-0.05, 0) is 53.6 Å². The van der Waals surface area contributed by atoms with E-state index in [1.807, 2.05) is 152 Å². The number of rotatable bonds is 9. The summed E-state index contributed by atoms with van der Waals surface area (Å²) in [5.41, 5.74) is 12.1. The van der Waals surface area contributed by atoms with Crippen LogP contribution in [-0.4, -0.2) is 39.9 Å². The van der Waals surface area contributed by atoms with Crippen molar-refractivity contribution in [3.05, 3.63) is 207 Å². The molecule has 0 aliphatic heterocycles. The van der Waals surface area contributed by atoms with Crippen molar-refractivity contribution in [2.45, 2.75) is 0 Å². The topological polar surface area (TPSA) is 103 Å². The first-order valence-electron chi connectivity index (χ1n) is 19.6. The van der Waals surface area contributed by atoms with Gasteiger partial charge in [0.2, 0.25) is 0 Å². The van der Waals surface area contributed by atoms with Gasteiger partial charge in [-0.25, -0.2) is 29.9 Å². The Morgan fingerprint density at radius 1 is 0.217 bits per heavy atom. The Bertz CT molecular complexity index is 2730. The van der Waals surface area contributed by atoms with Gasteiger partial charge in [0.05, 0.1) is 34.2 Å². The lowest BCUT2D eigenvalue weighted by molar-refractivity contribution is 1.07. The fourth-order valence-corrected chi connectivity index (χ4v) is 6.99. The molecule has 60 heavy (non-hydrogen) atoms. The Balaban J connectivity index is 1.01. The smallest absolute Gasteiger partial charge is 0.164 e. The van der Waals surface area contributed by atoms with Crippen LogP contribution in [0.2, 0.25) is 0 Å². The number of benzene rings is 5. The van der Waals surface area contributed by atoms with Gasteiger partial charge < -0.3 is 0 Å². The van der Waals surface area contributed by atoms with Gasteiger partial charge >= 0.3 is 0 Å². The summed E-state index contributed by atoms with van der Waals surface area (Å²) in [6.45, 7) is 0. The Kier molecular flexibility index (Phi) is 9.75. The van der Waals surface area contributed by atoms with Crippen LogP contribution in [0.5, 0.6) is 0 Å². The predicted octanol–water partition coefficient (Wildman–Crippen LogP) is 11.8. The van der Waals surface area contributed by atoms with Gasteiger partial charge in [0.1, 0.15) is 0 Å². The number of aromatic nitrogens is 8. The van der Waals surface area contributed by atoms with Crippen molar-refractivity contribution in [1.82, 2.24) is 39.9 Å². The summed E-state index contributed by atoms with van der Waals surface area (Å²) in [4.78, 5) is 39.3. The molecule has 0 atom stereocenters. The van der Waals surface area contributed by atoms with Gasteiger partial charge in [0.15, 0.2) is 23.3 Å². The fourth-order valence-electron chi connectivity index (χ4n) is 6.99. The molecule has 5 aromatic carbocycles. The number of pyridine rings is 3. The number of hydrogen-bond donors (Lipinski definition) is 0. The number of nitrogens with zero attached hydrogens (tertiary/aromatic N) is 8. The summed E-state index contributed by atoms with van der Waals surface area (Å²) in [6.07, 6.45) is 3.63. The molecule has 0 unspecified atom stereocenters. The van der Waals surface area contributed by atoms with E-state index in [1.54, 1.807) is 6.20 Å². The highest BCUT2D eigenvalue weighted by Gasteiger charge is 2.16. The predicted molar refractivity (Wildman–Crippen MR) is 238 cm³/mol. The summed E-state index contributed by atoms with van der Waals surface area (Å²) < 4.78 is 0. The quantitative estimate of drug-likeness (QED) is 0.143. The molecule has 0 aliphatic rings. The van der Waals surface area contributed by atoms with E-state index >= 15 is 0 Å². The van der Waals surface area contributed by atoms with E-state index in [0.717, 1.165) is 78.7 Å². The minimum atomic E-state index is 0.596. The van der Waals surface area contributed by atoms with Crippen LogP contribution >= 0.6 is 0 Å². The summed E-state index contributed by atoms with van der Waals surface area (Å²) in [5, 5.41) is 0. The summed E-state index contributed by atoms with van der Waals surface area (Å²) >= 11 is 0. The first kappa shape index (κ1) is 36.0. The molecule has 0 radical (unpaired) electrons. The van der Waals surface area contributed by atoms with Crippen molar-refractivity contribution in [3.63, 3.8) is 0 Å². The maximum absolute atomic E-state index is 5.07. The van der Waals surface area contributed by atoms with Gasteiger partial charge in [-0.3, -0.25) is 9.97 Å². The second-order valence-electron chi connectivity index (χ2n) is 14.1. The largest absolute Gasteiger partial charge is 0.255 e. The van der Waals surface area contributed by atoms with Gasteiger partial charge in [-0.15, -0.1) is 0 Å². The number of hydrogen-bond acceptors (Lipinski definition) is 8.